The maximum Gasteiger partial charge on any atom is 0.311 e. The van der Waals surface area contributed by atoms with E-state index in [0.717, 1.165) is 38.5 Å². The molecule has 0 heterocycles. The molecule has 0 bridgehead atoms. The molecule has 0 radical (unpaired) electrons. The van der Waals surface area contributed by atoms with Crippen molar-refractivity contribution >= 4 is 5.97 Å². The zero-order chi connectivity index (χ0) is 26.1. The maximum atomic E-state index is 12.1. The van der Waals surface area contributed by atoms with Crippen molar-refractivity contribution in [2.24, 2.45) is 0 Å². The van der Waals surface area contributed by atoms with Crippen LogP contribution in [0.25, 0.3) is 0 Å². The van der Waals surface area contributed by atoms with Crippen LogP contribution >= 0.6 is 0 Å². The number of hydrogen-bond acceptors (Lipinski definition) is 3. The summed E-state index contributed by atoms with van der Waals surface area (Å²) in [7, 11) is 0. The summed E-state index contributed by atoms with van der Waals surface area (Å²) in [4.78, 5) is 12.1. The number of aliphatic hydroxyl groups is 1. The molecule has 1 N–H and O–H groups in total. The predicted molar refractivity (Wildman–Crippen MR) is 155 cm³/mol. The molecule has 1 atom stereocenters. The van der Waals surface area contributed by atoms with E-state index in [1.807, 2.05) is 12.1 Å². The second kappa shape index (κ2) is 24.0. The van der Waals surface area contributed by atoms with Crippen molar-refractivity contribution in [3.8, 4) is 5.75 Å². The normalized spacial score (nSPS) is 12.1. The molecule has 0 spiro atoms. The molecule has 0 saturated heterocycles. The number of carbonyl (C=O) groups is 1. The first-order valence-electron chi connectivity index (χ1n) is 15.6. The van der Waals surface area contributed by atoms with Crippen LogP contribution in [0.1, 0.15) is 161 Å². The van der Waals surface area contributed by atoms with E-state index in [0.29, 0.717) is 12.2 Å². The Morgan fingerprint density at radius 1 is 0.639 bits per heavy atom. The first-order valence-corrected chi connectivity index (χ1v) is 15.6. The fourth-order valence-electron chi connectivity index (χ4n) is 4.91. The van der Waals surface area contributed by atoms with Crippen LogP contribution < -0.4 is 4.74 Å². The third-order valence-corrected chi connectivity index (χ3v) is 7.26. The van der Waals surface area contributed by atoms with Crippen LogP contribution in [0, 0.1) is 0 Å². The van der Waals surface area contributed by atoms with Crippen LogP contribution in [0.2, 0.25) is 0 Å². The highest BCUT2D eigenvalue weighted by Gasteiger charge is 2.05. The fourth-order valence-corrected chi connectivity index (χ4v) is 4.91. The molecular weight excluding hydrogens is 444 g/mol. The molecule has 0 fully saturated rings. The van der Waals surface area contributed by atoms with Gasteiger partial charge in [0.1, 0.15) is 5.75 Å². The Bertz CT molecular complexity index is 610. The molecule has 0 aliphatic heterocycles. The van der Waals surface area contributed by atoms with Gasteiger partial charge in [-0.1, -0.05) is 135 Å². The zero-order valence-corrected chi connectivity index (χ0v) is 23.9. The molecule has 3 heteroatoms. The van der Waals surface area contributed by atoms with Gasteiger partial charge in [-0.15, -0.1) is 0 Å². The summed E-state index contributed by atoms with van der Waals surface area (Å²) < 4.78 is 5.52. The molecule has 36 heavy (non-hydrogen) atoms. The largest absolute Gasteiger partial charge is 0.427 e. The minimum Gasteiger partial charge on any atom is -0.427 e. The van der Waals surface area contributed by atoms with Gasteiger partial charge in [0.2, 0.25) is 0 Å². The Hall–Kier alpha value is -1.35. The first kappa shape index (κ1) is 32.7. The van der Waals surface area contributed by atoms with E-state index in [4.69, 9.17) is 4.74 Å². The minimum atomic E-state index is -0.1000. The fraction of sp³-hybridized carbons (Fsp3) is 0.788. The lowest BCUT2D eigenvalue weighted by Crippen LogP contribution is -2.07. The molecule has 0 amide bonds. The van der Waals surface area contributed by atoms with Gasteiger partial charge >= 0.3 is 5.97 Å². The van der Waals surface area contributed by atoms with E-state index in [1.165, 1.54) is 108 Å². The Labute approximate surface area is 223 Å². The smallest absolute Gasteiger partial charge is 0.311 e. The van der Waals surface area contributed by atoms with Gasteiger partial charge in [0.15, 0.2) is 0 Å². The lowest BCUT2D eigenvalue weighted by molar-refractivity contribution is -0.134. The van der Waals surface area contributed by atoms with Crippen LogP contribution in [0.3, 0.4) is 0 Å². The van der Waals surface area contributed by atoms with Crippen molar-refractivity contribution in [3.63, 3.8) is 0 Å². The summed E-state index contributed by atoms with van der Waals surface area (Å²) >= 11 is 0. The number of unbranched alkanes of at least 4 members (excludes halogenated alkanes) is 16. The molecule has 3 nitrogen and oxygen atoms in total. The SMILES string of the molecule is CCCCCCCCCc1ccc(OC(=O)CCCCCCCCCCCCCC(O)CCC)cc1. The van der Waals surface area contributed by atoms with Crippen LogP contribution in [0.5, 0.6) is 5.75 Å². The average molecular weight is 503 g/mol. The highest BCUT2D eigenvalue weighted by Crippen LogP contribution is 2.17. The zero-order valence-electron chi connectivity index (χ0n) is 23.9. The number of hydrogen-bond donors (Lipinski definition) is 1. The van der Waals surface area contributed by atoms with Crippen LogP contribution in [-0.4, -0.2) is 17.2 Å². The molecule has 0 aliphatic rings. The summed E-state index contributed by atoms with van der Waals surface area (Å²) in [5.41, 5.74) is 1.34. The summed E-state index contributed by atoms with van der Waals surface area (Å²) in [5, 5.41) is 9.74. The van der Waals surface area contributed by atoms with E-state index in [2.05, 4.69) is 26.0 Å². The van der Waals surface area contributed by atoms with Crippen molar-refractivity contribution < 1.29 is 14.6 Å². The van der Waals surface area contributed by atoms with Crippen LogP contribution in [-0.2, 0) is 11.2 Å². The van der Waals surface area contributed by atoms with Crippen molar-refractivity contribution in [1.82, 2.24) is 0 Å². The van der Waals surface area contributed by atoms with Crippen molar-refractivity contribution in [1.29, 1.82) is 0 Å². The van der Waals surface area contributed by atoms with Gasteiger partial charge in [-0.05, 0) is 49.8 Å². The van der Waals surface area contributed by atoms with Crippen LogP contribution in [0.4, 0.5) is 0 Å². The Balaban J connectivity index is 1.92. The van der Waals surface area contributed by atoms with Gasteiger partial charge in [-0.25, -0.2) is 0 Å². The maximum absolute atomic E-state index is 12.1. The van der Waals surface area contributed by atoms with Crippen molar-refractivity contribution in [3.05, 3.63) is 29.8 Å². The molecule has 0 aliphatic carbocycles. The first-order chi connectivity index (χ1) is 17.7. The number of aliphatic hydroxyl groups excluding tert-OH is 1. The summed E-state index contributed by atoms with van der Waals surface area (Å²) in [6.45, 7) is 4.40. The number of ether oxygens (including phenoxy) is 1. The highest BCUT2D eigenvalue weighted by atomic mass is 16.5. The average Bonchev–Trinajstić information content (AvgIpc) is 2.87. The van der Waals surface area contributed by atoms with Gasteiger partial charge in [0, 0.05) is 6.42 Å². The number of carbonyl (C=O) groups excluding carboxylic acids is 1. The Kier molecular flexibility index (Phi) is 21.8. The van der Waals surface area contributed by atoms with Gasteiger partial charge in [0.25, 0.3) is 0 Å². The molecule has 1 aromatic carbocycles. The van der Waals surface area contributed by atoms with Gasteiger partial charge in [0.05, 0.1) is 6.10 Å². The van der Waals surface area contributed by atoms with E-state index < -0.39 is 0 Å². The lowest BCUT2D eigenvalue weighted by Gasteiger charge is -2.08. The molecule has 0 aromatic heterocycles. The third kappa shape index (κ3) is 19.8. The second-order valence-electron chi connectivity index (χ2n) is 10.9. The van der Waals surface area contributed by atoms with E-state index in [1.54, 1.807) is 0 Å². The second-order valence-corrected chi connectivity index (χ2v) is 10.9. The summed E-state index contributed by atoms with van der Waals surface area (Å²) in [6.07, 6.45) is 27.5. The Morgan fingerprint density at radius 2 is 1.14 bits per heavy atom. The quantitative estimate of drug-likeness (QED) is 0.0821. The third-order valence-electron chi connectivity index (χ3n) is 7.26. The minimum absolute atomic E-state index is 0.0761. The lowest BCUT2D eigenvalue weighted by atomic mass is 10.0. The topological polar surface area (TPSA) is 46.5 Å². The highest BCUT2D eigenvalue weighted by molar-refractivity contribution is 5.72. The molecule has 1 rings (SSSR count). The molecule has 0 saturated carbocycles. The van der Waals surface area contributed by atoms with Crippen molar-refractivity contribution in [2.45, 2.75) is 168 Å². The molecule has 208 valence electrons. The summed E-state index contributed by atoms with van der Waals surface area (Å²) in [5.74, 6) is 0.581. The number of benzene rings is 1. The molecular formula is C33H58O3. The summed E-state index contributed by atoms with van der Waals surface area (Å²) in [6, 6.07) is 8.12. The van der Waals surface area contributed by atoms with E-state index >= 15 is 0 Å². The van der Waals surface area contributed by atoms with E-state index in [9.17, 15) is 9.90 Å². The number of esters is 1. The monoisotopic (exact) mass is 502 g/mol. The molecule has 1 unspecified atom stereocenters. The number of aryl methyl sites for hydroxylation is 1. The Morgan fingerprint density at radius 3 is 1.69 bits per heavy atom. The van der Waals surface area contributed by atoms with E-state index in [-0.39, 0.29) is 12.1 Å². The number of rotatable bonds is 25. The van der Waals surface area contributed by atoms with Gasteiger partial charge in [-0.3, -0.25) is 4.79 Å². The van der Waals surface area contributed by atoms with Gasteiger partial charge in [-0.2, -0.15) is 0 Å². The predicted octanol–water partition coefficient (Wildman–Crippen LogP) is 10.1. The molecule has 1 aromatic rings. The van der Waals surface area contributed by atoms with Crippen molar-refractivity contribution in [2.75, 3.05) is 0 Å². The van der Waals surface area contributed by atoms with Gasteiger partial charge < -0.3 is 9.84 Å². The van der Waals surface area contributed by atoms with Crippen LogP contribution in [0.15, 0.2) is 24.3 Å². The standard InChI is InChI=1S/C33H58O3/c1-3-5-6-7-13-16-19-23-30-26-28-32(29-27-30)36-33(35)25-21-18-15-12-10-8-9-11-14-17-20-24-31(34)22-4-2/h26-29,31,34H,3-25H2,1-2H3.